The van der Waals surface area contributed by atoms with Gasteiger partial charge in [0.25, 0.3) is 0 Å². The third kappa shape index (κ3) is 2.49. The third-order valence-electron chi connectivity index (χ3n) is 2.46. The molecule has 0 bridgehead atoms. The maximum Gasteiger partial charge on any atom is 0.182 e. The zero-order valence-corrected chi connectivity index (χ0v) is 10.5. The van der Waals surface area contributed by atoms with Gasteiger partial charge in [-0.25, -0.2) is 8.42 Å². The molecule has 0 aliphatic carbocycles. The van der Waals surface area contributed by atoms with Gasteiger partial charge in [-0.15, -0.1) is 6.58 Å². The van der Waals surface area contributed by atoms with Crippen molar-refractivity contribution in [2.45, 2.75) is 4.90 Å². The van der Waals surface area contributed by atoms with Crippen LogP contribution in [0.2, 0.25) is 0 Å². The number of nitrogens with zero attached hydrogens (tertiary/aromatic N) is 1. The lowest BCUT2D eigenvalue weighted by molar-refractivity contribution is 0.599. The summed E-state index contributed by atoms with van der Waals surface area (Å²) in [5.74, 6) is -0.0791. The number of benzene rings is 1. The first kappa shape index (κ1) is 12.5. The monoisotopic (exact) mass is 258 g/mol. The Labute approximate surface area is 107 Å². The summed E-state index contributed by atoms with van der Waals surface area (Å²) in [5.41, 5.74) is 1.29. The van der Waals surface area contributed by atoms with E-state index < -0.39 is 9.84 Å². The highest BCUT2D eigenvalue weighted by Gasteiger charge is 2.17. The van der Waals surface area contributed by atoms with Crippen LogP contribution in [0, 0.1) is 6.20 Å². The zero-order chi connectivity index (χ0) is 13.0. The molecule has 0 aliphatic rings. The summed E-state index contributed by atoms with van der Waals surface area (Å²) < 4.78 is 24.2. The van der Waals surface area contributed by atoms with E-state index in [4.69, 9.17) is 0 Å². The van der Waals surface area contributed by atoms with Crippen molar-refractivity contribution in [3.05, 3.63) is 61.4 Å². The Hall–Kier alpha value is -1.94. The number of pyridine rings is 1. The van der Waals surface area contributed by atoms with Crippen LogP contribution < -0.4 is 0 Å². The molecule has 0 fully saturated rings. The molecule has 2 aromatic rings. The minimum Gasteiger partial charge on any atom is -0.254 e. The Kier molecular flexibility index (Phi) is 3.58. The van der Waals surface area contributed by atoms with Gasteiger partial charge in [-0.05, 0) is 12.1 Å². The normalized spacial score (nSPS) is 11.1. The highest BCUT2D eigenvalue weighted by Crippen LogP contribution is 2.26. The van der Waals surface area contributed by atoms with Crippen LogP contribution in [0.5, 0.6) is 0 Å². The molecule has 0 unspecified atom stereocenters. The number of rotatable bonds is 4. The molecule has 0 aliphatic heterocycles. The summed E-state index contributed by atoms with van der Waals surface area (Å²) in [6.07, 6.45) is 5.79. The predicted octanol–water partition coefficient (Wildman–Crippen LogP) is 2.51. The van der Waals surface area contributed by atoms with Gasteiger partial charge < -0.3 is 0 Å². The number of hydrogen-bond acceptors (Lipinski definition) is 3. The lowest BCUT2D eigenvalue weighted by Gasteiger charge is -2.08. The molecule has 0 saturated heterocycles. The molecule has 1 heterocycles. The quantitative estimate of drug-likeness (QED) is 0.792. The minimum atomic E-state index is -3.35. The van der Waals surface area contributed by atoms with Crippen LogP contribution in [-0.2, 0) is 9.84 Å². The summed E-state index contributed by atoms with van der Waals surface area (Å²) in [4.78, 5) is 4.18. The topological polar surface area (TPSA) is 47.0 Å². The Morgan fingerprint density at radius 2 is 2.00 bits per heavy atom. The predicted molar refractivity (Wildman–Crippen MR) is 70.8 cm³/mol. The summed E-state index contributed by atoms with van der Waals surface area (Å²) >= 11 is 0. The Morgan fingerprint density at radius 3 is 2.67 bits per heavy atom. The molecule has 4 heteroatoms. The molecule has 1 aromatic heterocycles. The van der Waals surface area contributed by atoms with E-state index in [0.717, 1.165) is 0 Å². The summed E-state index contributed by atoms with van der Waals surface area (Å²) in [6.45, 7) is 3.47. The van der Waals surface area contributed by atoms with Crippen molar-refractivity contribution in [1.29, 1.82) is 0 Å². The van der Waals surface area contributed by atoms with E-state index in [1.165, 1.54) is 6.08 Å². The smallest absolute Gasteiger partial charge is 0.182 e. The van der Waals surface area contributed by atoms with Gasteiger partial charge in [0.1, 0.15) is 0 Å². The Morgan fingerprint density at radius 1 is 1.22 bits per heavy atom. The van der Waals surface area contributed by atoms with Crippen LogP contribution in [0.1, 0.15) is 0 Å². The lowest BCUT2D eigenvalue weighted by atomic mass is 10.1. The average Bonchev–Trinajstić information content (AvgIpc) is 2.40. The van der Waals surface area contributed by atoms with Gasteiger partial charge in [0.2, 0.25) is 0 Å². The second-order valence-corrected chi connectivity index (χ2v) is 5.73. The molecule has 2 rings (SSSR count). The molecule has 1 radical (unpaired) electrons. The molecule has 0 amide bonds. The Balaban J connectivity index is 2.61. The van der Waals surface area contributed by atoms with Crippen molar-refractivity contribution >= 4 is 9.84 Å². The van der Waals surface area contributed by atoms with E-state index in [1.807, 2.05) is 0 Å². The summed E-state index contributed by atoms with van der Waals surface area (Å²) in [7, 11) is -3.35. The van der Waals surface area contributed by atoms with Crippen LogP contribution in [-0.4, -0.2) is 19.2 Å². The van der Waals surface area contributed by atoms with E-state index in [-0.39, 0.29) is 10.6 Å². The minimum absolute atomic E-state index is 0.0791. The maximum absolute atomic E-state index is 12.1. The number of sulfone groups is 1. The Bertz CT molecular complexity index is 649. The van der Waals surface area contributed by atoms with Gasteiger partial charge in [-0.2, -0.15) is 0 Å². The molecule has 1 aromatic carbocycles. The third-order valence-corrected chi connectivity index (χ3v) is 4.16. The van der Waals surface area contributed by atoms with Gasteiger partial charge in [-0.3, -0.25) is 4.98 Å². The first-order valence-electron chi connectivity index (χ1n) is 5.41. The van der Waals surface area contributed by atoms with Gasteiger partial charge >= 0.3 is 0 Å². The molecule has 0 atom stereocenters. The van der Waals surface area contributed by atoms with E-state index >= 15 is 0 Å². The van der Waals surface area contributed by atoms with E-state index in [9.17, 15) is 8.42 Å². The molecular formula is C14H12NO2S. The SMILES string of the molecule is C=CCS(=O)(=O)c1ccccc1-c1[c]nccc1. The van der Waals surface area contributed by atoms with Crippen molar-refractivity contribution in [2.75, 3.05) is 5.75 Å². The standard InChI is InChI=1S/C14H12NO2S/c1-2-10-18(16,17)14-8-4-3-7-13(14)12-6-5-9-15-11-12/h2-9H,1,10H2. The summed E-state index contributed by atoms with van der Waals surface area (Å²) in [6, 6.07) is 10.4. The molecule has 0 saturated carbocycles. The number of hydrogen-bond donors (Lipinski definition) is 0. The fraction of sp³-hybridized carbons (Fsp3) is 0.0714. The van der Waals surface area contributed by atoms with Crippen LogP contribution in [0.15, 0.2) is 60.1 Å². The second-order valence-electron chi connectivity index (χ2n) is 3.73. The maximum atomic E-state index is 12.1. The fourth-order valence-corrected chi connectivity index (χ4v) is 2.97. The first-order valence-corrected chi connectivity index (χ1v) is 7.06. The van der Waals surface area contributed by atoms with Crippen molar-refractivity contribution in [3.8, 4) is 11.1 Å². The molecular weight excluding hydrogens is 246 g/mol. The van der Waals surface area contributed by atoms with E-state index in [2.05, 4.69) is 17.8 Å². The van der Waals surface area contributed by atoms with Crippen LogP contribution >= 0.6 is 0 Å². The largest absolute Gasteiger partial charge is 0.254 e. The van der Waals surface area contributed by atoms with E-state index in [0.29, 0.717) is 11.1 Å². The van der Waals surface area contributed by atoms with Crippen molar-refractivity contribution < 1.29 is 8.42 Å². The second kappa shape index (κ2) is 5.14. The lowest BCUT2D eigenvalue weighted by Crippen LogP contribution is -2.06. The number of aromatic nitrogens is 1. The molecule has 0 spiro atoms. The molecule has 18 heavy (non-hydrogen) atoms. The van der Waals surface area contributed by atoms with Gasteiger partial charge in [-0.1, -0.05) is 30.3 Å². The van der Waals surface area contributed by atoms with Gasteiger partial charge in [0, 0.05) is 17.3 Å². The van der Waals surface area contributed by atoms with Crippen molar-refractivity contribution in [2.24, 2.45) is 0 Å². The van der Waals surface area contributed by atoms with Crippen LogP contribution in [0.25, 0.3) is 11.1 Å². The summed E-state index contributed by atoms with van der Waals surface area (Å²) in [5, 5.41) is 0. The van der Waals surface area contributed by atoms with Gasteiger partial charge in [0.15, 0.2) is 9.84 Å². The van der Waals surface area contributed by atoms with Crippen LogP contribution in [0.4, 0.5) is 0 Å². The van der Waals surface area contributed by atoms with Crippen LogP contribution in [0.3, 0.4) is 0 Å². The first-order chi connectivity index (χ1) is 8.65. The highest BCUT2D eigenvalue weighted by molar-refractivity contribution is 7.91. The van der Waals surface area contributed by atoms with E-state index in [1.54, 1.807) is 42.6 Å². The zero-order valence-electron chi connectivity index (χ0n) is 9.70. The van der Waals surface area contributed by atoms with Crippen molar-refractivity contribution in [1.82, 2.24) is 4.98 Å². The average molecular weight is 258 g/mol. The highest BCUT2D eigenvalue weighted by atomic mass is 32.2. The van der Waals surface area contributed by atoms with Crippen molar-refractivity contribution in [3.63, 3.8) is 0 Å². The fourth-order valence-electron chi connectivity index (χ4n) is 1.68. The van der Waals surface area contributed by atoms with Gasteiger partial charge in [0.05, 0.1) is 16.8 Å². The molecule has 0 N–H and O–H groups in total. The molecule has 91 valence electrons. The molecule has 3 nitrogen and oxygen atoms in total.